The molecule has 9 heteroatoms. The maximum Gasteiger partial charge on any atom is 0.251 e. The lowest BCUT2D eigenvalue weighted by Crippen LogP contribution is -2.44. The van der Waals surface area contributed by atoms with E-state index in [9.17, 15) is 14.4 Å². The van der Waals surface area contributed by atoms with Crippen LogP contribution in [0.1, 0.15) is 54.4 Å². The van der Waals surface area contributed by atoms with Gasteiger partial charge in [0.1, 0.15) is 11.6 Å². The molecule has 0 bridgehead atoms. The lowest BCUT2D eigenvalue weighted by atomic mass is 9.90. The number of ether oxygens (including phenoxy) is 1. The Hall–Kier alpha value is -3.13. The van der Waals surface area contributed by atoms with E-state index in [-0.39, 0.29) is 36.2 Å². The normalized spacial score (nSPS) is 20.2. The van der Waals surface area contributed by atoms with Crippen molar-refractivity contribution in [3.63, 3.8) is 0 Å². The number of amides is 3. The third-order valence-corrected chi connectivity index (χ3v) is 6.74. The number of nitrogens with zero attached hydrogens (tertiary/aromatic N) is 2. The number of aromatic nitrogens is 1. The minimum absolute atomic E-state index is 0.0348. The molecule has 0 radical (unpaired) electrons. The van der Waals surface area contributed by atoms with Crippen LogP contribution < -0.4 is 15.4 Å². The number of methoxy groups -OCH3 is 1. The Labute approximate surface area is 204 Å². The highest BCUT2D eigenvalue weighted by Crippen LogP contribution is 2.28. The van der Waals surface area contributed by atoms with Crippen LogP contribution in [0.25, 0.3) is 0 Å². The fourth-order valence-corrected chi connectivity index (χ4v) is 4.91. The zero-order chi connectivity index (χ0) is 24.1. The molecule has 1 saturated heterocycles. The SMILES string of the molecule is COc1cccc(C(=O)NC2CCC(N3CCCC3=O)CC2)c1CC(=O)Nc1ccc(Cl)cn1. The molecule has 1 aromatic carbocycles. The van der Waals surface area contributed by atoms with Crippen LogP contribution in [-0.2, 0) is 16.0 Å². The number of halogens is 1. The third-order valence-electron chi connectivity index (χ3n) is 6.51. The summed E-state index contributed by atoms with van der Waals surface area (Å²) in [7, 11) is 1.51. The second-order valence-corrected chi connectivity index (χ2v) is 9.18. The highest BCUT2D eigenvalue weighted by Gasteiger charge is 2.32. The number of benzene rings is 1. The molecule has 3 amide bonds. The number of carbonyl (C=O) groups is 3. The third kappa shape index (κ3) is 5.67. The molecule has 1 saturated carbocycles. The fourth-order valence-electron chi connectivity index (χ4n) is 4.80. The predicted molar refractivity (Wildman–Crippen MR) is 129 cm³/mol. The van der Waals surface area contributed by atoms with Gasteiger partial charge in [0, 0.05) is 42.4 Å². The maximum atomic E-state index is 13.2. The average molecular weight is 485 g/mol. The summed E-state index contributed by atoms with van der Waals surface area (Å²) in [5, 5.41) is 6.32. The zero-order valence-electron chi connectivity index (χ0n) is 19.2. The molecule has 0 spiro atoms. The molecule has 4 rings (SSSR count). The predicted octanol–water partition coefficient (Wildman–Crippen LogP) is 3.59. The lowest BCUT2D eigenvalue weighted by Gasteiger charge is -2.35. The van der Waals surface area contributed by atoms with E-state index in [1.54, 1.807) is 30.3 Å². The molecule has 180 valence electrons. The van der Waals surface area contributed by atoms with Gasteiger partial charge in [-0.05, 0) is 56.4 Å². The van der Waals surface area contributed by atoms with Gasteiger partial charge in [0.2, 0.25) is 11.8 Å². The maximum absolute atomic E-state index is 13.2. The molecule has 2 N–H and O–H groups in total. The molecule has 2 fully saturated rings. The van der Waals surface area contributed by atoms with E-state index < -0.39 is 0 Å². The number of nitrogens with one attached hydrogen (secondary N) is 2. The summed E-state index contributed by atoms with van der Waals surface area (Å²) in [6.07, 6.45) is 6.42. The highest BCUT2D eigenvalue weighted by molar-refractivity contribution is 6.30. The lowest BCUT2D eigenvalue weighted by molar-refractivity contribution is -0.130. The van der Waals surface area contributed by atoms with E-state index in [1.165, 1.54) is 13.3 Å². The highest BCUT2D eigenvalue weighted by atomic mass is 35.5. The van der Waals surface area contributed by atoms with Crippen LogP contribution in [0.15, 0.2) is 36.5 Å². The van der Waals surface area contributed by atoms with Crippen LogP contribution in [0.3, 0.4) is 0 Å². The molecule has 0 atom stereocenters. The molecule has 34 heavy (non-hydrogen) atoms. The summed E-state index contributed by atoms with van der Waals surface area (Å²) in [6, 6.07) is 8.75. The number of pyridine rings is 1. The number of rotatable bonds is 7. The minimum atomic E-state index is -0.316. The molecule has 8 nitrogen and oxygen atoms in total. The zero-order valence-corrected chi connectivity index (χ0v) is 19.9. The van der Waals surface area contributed by atoms with Gasteiger partial charge in [-0.3, -0.25) is 14.4 Å². The first-order valence-electron chi connectivity index (χ1n) is 11.6. The molecule has 1 aliphatic carbocycles. The second kappa shape index (κ2) is 10.9. The first-order valence-corrected chi connectivity index (χ1v) is 12.0. The van der Waals surface area contributed by atoms with Crippen LogP contribution >= 0.6 is 11.6 Å². The molecule has 1 aliphatic heterocycles. The largest absolute Gasteiger partial charge is 0.496 e. The monoisotopic (exact) mass is 484 g/mol. The molecule has 1 aromatic heterocycles. The van der Waals surface area contributed by atoms with E-state index in [0.717, 1.165) is 38.6 Å². The van der Waals surface area contributed by atoms with Crippen molar-refractivity contribution in [2.75, 3.05) is 19.0 Å². The van der Waals surface area contributed by atoms with Gasteiger partial charge in [-0.15, -0.1) is 0 Å². The van der Waals surface area contributed by atoms with E-state index in [2.05, 4.69) is 15.6 Å². The van der Waals surface area contributed by atoms with E-state index in [1.807, 2.05) is 4.90 Å². The van der Waals surface area contributed by atoms with Crippen LogP contribution in [0.5, 0.6) is 5.75 Å². The van der Waals surface area contributed by atoms with Crippen molar-refractivity contribution in [1.29, 1.82) is 0 Å². The molecule has 2 heterocycles. The van der Waals surface area contributed by atoms with E-state index in [0.29, 0.717) is 34.1 Å². The van der Waals surface area contributed by atoms with Crippen molar-refractivity contribution < 1.29 is 19.1 Å². The Balaban J connectivity index is 1.40. The second-order valence-electron chi connectivity index (χ2n) is 8.74. The topological polar surface area (TPSA) is 101 Å². The van der Waals surface area contributed by atoms with Gasteiger partial charge < -0.3 is 20.3 Å². The fraction of sp³-hybridized carbons (Fsp3) is 0.440. The molecule has 2 aromatic rings. The smallest absolute Gasteiger partial charge is 0.251 e. The van der Waals surface area contributed by atoms with Crippen LogP contribution in [0.2, 0.25) is 5.02 Å². The Morgan fingerprint density at radius 3 is 2.62 bits per heavy atom. The molecule has 0 unspecified atom stereocenters. The van der Waals surface area contributed by atoms with Crippen molar-refractivity contribution in [3.05, 3.63) is 52.7 Å². The quantitative estimate of drug-likeness (QED) is 0.625. The molecular weight excluding hydrogens is 456 g/mol. The average Bonchev–Trinajstić information content (AvgIpc) is 3.27. The van der Waals surface area contributed by atoms with Gasteiger partial charge in [0.25, 0.3) is 5.91 Å². The van der Waals surface area contributed by atoms with Crippen LogP contribution in [0, 0.1) is 0 Å². The van der Waals surface area contributed by atoms with Crippen LogP contribution in [-0.4, -0.2) is 53.3 Å². The van der Waals surface area contributed by atoms with Crippen molar-refractivity contribution in [3.8, 4) is 5.75 Å². The summed E-state index contributed by atoms with van der Waals surface area (Å²) in [4.78, 5) is 44.0. The standard InChI is InChI=1S/C25H29ClN4O4/c1-34-21-5-2-4-19(20(21)14-23(31)29-22-12-7-16(26)15-27-22)25(33)28-17-8-10-18(11-9-17)30-13-3-6-24(30)32/h2,4-5,7,12,15,17-18H,3,6,8-11,13-14H2,1H3,(H,28,33)(H,27,29,31). The van der Waals surface area contributed by atoms with Gasteiger partial charge in [-0.25, -0.2) is 4.98 Å². The number of hydrogen-bond acceptors (Lipinski definition) is 5. The number of anilines is 1. The summed E-state index contributed by atoms with van der Waals surface area (Å²) in [6.45, 7) is 0.849. The van der Waals surface area contributed by atoms with E-state index >= 15 is 0 Å². The Bertz CT molecular complexity index is 1050. The molecular formula is C25H29ClN4O4. The Morgan fingerprint density at radius 1 is 1.18 bits per heavy atom. The first-order chi connectivity index (χ1) is 16.4. The summed E-state index contributed by atoms with van der Waals surface area (Å²) in [5.41, 5.74) is 0.931. The number of hydrogen-bond donors (Lipinski definition) is 2. The summed E-state index contributed by atoms with van der Waals surface area (Å²) < 4.78 is 5.44. The Kier molecular flexibility index (Phi) is 7.67. The van der Waals surface area contributed by atoms with Gasteiger partial charge in [0.15, 0.2) is 0 Å². The van der Waals surface area contributed by atoms with Gasteiger partial charge in [-0.1, -0.05) is 17.7 Å². The summed E-state index contributed by atoms with van der Waals surface area (Å²) in [5.74, 6) is 0.559. The van der Waals surface area contributed by atoms with Gasteiger partial charge >= 0.3 is 0 Å². The number of carbonyl (C=O) groups excluding carboxylic acids is 3. The van der Waals surface area contributed by atoms with Crippen molar-refractivity contribution >= 4 is 35.1 Å². The van der Waals surface area contributed by atoms with Gasteiger partial charge in [-0.2, -0.15) is 0 Å². The minimum Gasteiger partial charge on any atom is -0.496 e. The number of likely N-dealkylation sites (tertiary alicyclic amines) is 1. The Morgan fingerprint density at radius 2 is 1.97 bits per heavy atom. The van der Waals surface area contributed by atoms with Crippen LogP contribution in [0.4, 0.5) is 5.82 Å². The van der Waals surface area contributed by atoms with Gasteiger partial charge in [0.05, 0.1) is 18.6 Å². The molecule has 2 aliphatic rings. The van der Waals surface area contributed by atoms with Crippen molar-refractivity contribution in [2.24, 2.45) is 0 Å². The van der Waals surface area contributed by atoms with E-state index in [4.69, 9.17) is 16.3 Å². The first kappa shape index (κ1) is 24.0. The summed E-state index contributed by atoms with van der Waals surface area (Å²) >= 11 is 5.85. The van der Waals surface area contributed by atoms with Crippen molar-refractivity contribution in [2.45, 2.75) is 57.0 Å². The van der Waals surface area contributed by atoms with Crippen molar-refractivity contribution in [1.82, 2.24) is 15.2 Å².